The van der Waals surface area contributed by atoms with Crippen molar-refractivity contribution in [2.75, 3.05) is 5.75 Å². The molecule has 6 nitrogen and oxygen atoms in total. The molecule has 0 amide bonds. The highest BCUT2D eigenvalue weighted by molar-refractivity contribution is 7.85. The lowest BCUT2D eigenvalue weighted by Crippen LogP contribution is -2.03. The molecule has 2 aromatic rings. The van der Waals surface area contributed by atoms with Crippen molar-refractivity contribution in [3.8, 4) is 11.1 Å². The summed E-state index contributed by atoms with van der Waals surface area (Å²) < 4.78 is 41.8. The largest absolute Gasteiger partial charge is 0.332 e. The van der Waals surface area contributed by atoms with Crippen LogP contribution in [0, 0.1) is 0 Å². The quantitative estimate of drug-likeness (QED) is 0.323. The molecule has 0 aliphatic carbocycles. The minimum Gasteiger partial charge on any atom is -0.324 e. The molecule has 27 heavy (non-hydrogen) atoms. The van der Waals surface area contributed by atoms with Crippen LogP contribution < -0.4 is 0 Å². The van der Waals surface area contributed by atoms with E-state index in [1.807, 2.05) is 36.4 Å². The number of rotatable bonds is 9. The highest BCUT2D eigenvalue weighted by Crippen LogP contribution is 2.53. The summed E-state index contributed by atoms with van der Waals surface area (Å²) in [5.41, 5.74) is 2.71. The molecule has 0 radical (unpaired) electrons. The van der Waals surface area contributed by atoms with Crippen molar-refractivity contribution in [3.63, 3.8) is 0 Å². The summed E-state index contributed by atoms with van der Waals surface area (Å²) in [5.74, 6) is -0.226. The Labute approximate surface area is 160 Å². The molecule has 148 valence electrons. The van der Waals surface area contributed by atoms with Gasteiger partial charge in [0.25, 0.3) is 10.1 Å². The van der Waals surface area contributed by atoms with E-state index in [1.54, 1.807) is 19.1 Å². The first-order valence-corrected chi connectivity index (χ1v) is 12.1. The molecular formula is C19H25O6PS. The molecule has 0 spiro atoms. The number of benzene rings is 2. The van der Waals surface area contributed by atoms with Crippen molar-refractivity contribution >= 4 is 17.7 Å². The second-order valence-electron chi connectivity index (χ2n) is 6.58. The number of hydrogen-bond acceptors (Lipinski definition) is 3. The fourth-order valence-corrected chi connectivity index (χ4v) is 4.66. The molecule has 1 atom stereocenters. The van der Waals surface area contributed by atoms with Crippen LogP contribution in [0.5, 0.6) is 0 Å². The lowest BCUT2D eigenvalue weighted by Gasteiger charge is -2.17. The summed E-state index contributed by atoms with van der Waals surface area (Å²) in [5, 5.41) is 0. The Bertz CT molecular complexity index is 902. The molecule has 3 N–H and O–H groups in total. The fourth-order valence-electron chi connectivity index (χ4n) is 3.07. The second-order valence-corrected chi connectivity index (χ2v) is 9.95. The van der Waals surface area contributed by atoms with Gasteiger partial charge in [0.15, 0.2) is 0 Å². The van der Waals surface area contributed by atoms with E-state index >= 15 is 0 Å². The van der Waals surface area contributed by atoms with Gasteiger partial charge in [-0.25, -0.2) is 0 Å². The first-order valence-electron chi connectivity index (χ1n) is 8.80. The van der Waals surface area contributed by atoms with E-state index in [-0.39, 0.29) is 5.75 Å². The maximum Gasteiger partial charge on any atom is 0.332 e. The fraction of sp³-hybridized carbons (Fsp3) is 0.368. The second kappa shape index (κ2) is 9.13. The van der Waals surface area contributed by atoms with Gasteiger partial charge in [0, 0.05) is 0 Å². The Morgan fingerprint density at radius 2 is 1.67 bits per heavy atom. The SMILES string of the molecule is CCC(c1cccc(-c2ccc(CCCCS(=O)(=O)O)cc2)c1)P(=O)(O)O. The molecule has 1 unspecified atom stereocenters. The molecule has 8 heteroatoms. The van der Waals surface area contributed by atoms with Gasteiger partial charge in [0.05, 0.1) is 11.4 Å². The van der Waals surface area contributed by atoms with Crippen molar-refractivity contribution in [2.45, 2.75) is 38.3 Å². The van der Waals surface area contributed by atoms with Crippen LogP contribution in [-0.4, -0.2) is 28.5 Å². The number of hydrogen-bond donors (Lipinski definition) is 3. The first-order chi connectivity index (χ1) is 12.6. The Balaban J connectivity index is 2.09. The third kappa shape index (κ3) is 6.87. The van der Waals surface area contributed by atoms with Gasteiger partial charge in [-0.05, 0) is 47.9 Å². The minimum atomic E-state index is -4.21. The van der Waals surface area contributed by atoms with Crippen molar-refractivity contribution in [1.82, 2.24) is 0 Å². The predicted octanol–water partition coefficient (Wildman–Crippen LogP) is 4.19. The Morgan fingerprint density at radius 1 is 1.00 bits per heavy atom. The van der Waals surface area contributed by atoms with E-state index < -0.39 is 23.4 Å². The van der Waals surface area contributed by atoms with Crippen molar-refractivity contribution in [2.24, 2.45) is 0 Å². The summed E-state index contributed by atoms with van der Waals surface area (Å²) in [6.45, 7) is 1.76. The molecule has 0 aliphatic heterocycles. The van der Waals surface area contributed by atoms with E-state index in [4.69, 9.17) is 4.55 Å². The van der Waals surface area contributed by atoms with Gasteiger partial charge in [-0.2, -0.15) is 8.42 Å². The zero-order valence-corrected chi connectivity index (χ0v) is 16.9. The summed E-state index contributed by atoms with van der Waals surface area (Å²) in [6.07, 6.45) is 2.14. The van der Waals surface area contributed by atoms with Gasteiger partial charge in [-0.1, -0.05) is 55.5 Å². The van der Waals surface area contributed by atoms with Gasteiger partial charge in [-0.3, -0.25) is 9.12 Å². The maximum atomic E-state index is 11.7. The molecule has 0 saturated carbocycles. The van der Waals surface area contributed by atoms with Crippen LogP contribution in [0.3, 0.4) is 0 Å². The highest BCUT2D eigenvalue weighted by Gasteiger charge is 2.28. The van der Waals surface area contributed by atoms with Gasteiger partial charge in [0.1, 0.15) is 0 Å². The van der Waals surface area contributed by atoms with Gasteiger partial charge in [-0.15, -0.1) is 0 Å². The zero-order valence-electron chi connectivity index (χ0n) is 15.2. The zero-order chi connectivity index (χ0) is 20.1. The molecule has 2 aromatic carbocycles. The van der Waals surface area contributed by atoms with Crippen molar-refractivity contribution in [3.05, 3.63) is 59.7 Å². The van der Waals surface area contributed by atoms with Crippen LogP contribution in [0.2, 0.25) is 0 Å². The molecule has 0 heterocycles. The van der Waals surface area contributed by atoms with Crippen LogP contribution in [0.15, 0.2) is 48.5 Å². The van der Waals surface area contributed by atoms with E-state index in [2.05, 4.69) is 0 Å². The molecule has 2 rings (SSSR count). The summed E-state index contributed by atoms with van der Waals surface area (Å²) >= 11 is 0. The average Bonchev–Trinajstić information content (AvgIpc) is 2.58. The number of aryl methyl sites for hydroxylation is 1. The molecule has 0 aliphatic rings. The van der Waals surface area contributed by atoms with Crippen LogP contribution in [-0.2, 0) is 21.1 Å². The molecule has 0 bridgehead atoms. The van der Waals surface area contributed by atoms with E-state index in [1.165, 1.54) is 0 Å². The maximum absolute atomic E-state index is 11.7. The van der Waals surface area contributed by atoms with Crippen LogP contribution in [0.1, 0.15) is 43.0 Å². The van der Waals surface area contributed by atoms with Gasteiger partial charge >= 0.3 is 7.60 Å². The summed E-state index contributed by atoms with van der Waals surface area (Å²) in [7, 11) is -8.11. The minimum absolute atomic E-state index is 0.226. The van der Waals surface area contributed by atoms with Gasteiger partial charge in [0.2, 0.25) is 0 Å². The highest BCUT2D eigenvalue weighted by atomic mass is 32.2. The topological polar surface area (TPSA) is 112 Å². The lowest BCUT2D eigenvalue weighted by atomic mass is 9.99. The summed E-state index contributed by atoms with van der Waals surface area (Å²) in [4.78, 5) is 19.1. The van der Waals surface area contributed by atoms with Crippen LogP contribution >= 0.6 is 7.60 Å². The van der Waals surface area contributed by atoms with Crippen molar-refractivity contribution in [1.29, 1.82) is 0 Å². The molecule has 0 saturated heterocycles. The van der Waals surface area contributed by atoms with E-state index in [9.17, 15) is 22.8 Å². The van der Waals surface area contributed by atoms with E-state index in [0.717, 1.165) is 16.7 Å². The molecular weight excluding hydrogens is 387 g/mol. The Morgan fingerprint density at radius 3 is 2.22 bits per heavy atom. The lowest BCUT2D eigenvalue weighted by molar-refractivity contribution is 0.357. The average molecular weight is 412 g/mol. The van der Waals surface area contributed by atoms with Crippen molar-refractivity contribution < 1.29 is 27.3 Å². The Kier molecular flexibility index (Phi) is 7.37. The van der Waals surface area contributed by atoms with Gasteiger partial charge < -0.3 is 9.79 Å². The molecule has 0 aromatic heterocycles. The molecule has 0 fully saturated rings. The standard InChI is InChI=1S/C19H25O6PS/c1-2-19(26(20,21)22)18-8-5-7-17(14-18)16-11-9-15(10-12-16)6-3-4-13-27(23,24)25/h5,7-12,14,19H,2-4,6,13H2,1H3,(H2,20,21,22)(H,23,24,25). The smallest absolute Gasteiger partial charge is 0.324 e. The van der Waals surface area contributed by atoms with E-state index in [0.29, 0.717) is 31.2 Å². The normalized spacial score (nSPS) is 13.5. The Hall–Kier alpha value is -1.50. The monoisotopic (exact) mass is 412 g/mol. The number of unbranched alkanes of at least 4 members (excludes halogenated alkanes) is 1. The third-order valence-electron chi connectivity index (χ3n) is 4.47. The predicted molar refractivity (Wildman–Crippen MR) is 106 cm³/mol. The van der Waals surface area contributed by atoms with Crippen LogP contribution in [0.4, 0.5) is 0 Å². The third-order valence-corrected chi connectivity index (χ3v) is 6.75. The summed E-state index contributed by atoms with van der Waals surface area (Å²) in [6, 6.07) is 15.0. The van der Waals surface area contributed by atoms with Crippen LogP contribution in [0.25, 0.3) is 11.1 Å². The first kappa shape index (κ1) is 21.8.